The predicted octanol–water partition coefficient (Wildman–Crippen LogP) is 1.97. The van der Waals surface area contributed by atoms with Crippen LogP contribution in [-0.4, -0.2) is 40.6 Å². The van der Waals surface area contributed by atoms with E-state index in [-0.39, 0.29) is 17.7 Å². The standard InChI is InChI=1S/C12H17ClN2O2/c1-2-3-7-15(8-9-16)12(17)10-5-4-6-14-11(10)13/h4-6,16H,2-3,7-9H2,1H3. The molecule has 4 nitrogen and oxygen atoms in total. The fourth-order valence-electron chi connectivity index (χ4n) is 1.50. The van der Waals surface area contributed by atoms with E-state index in [1.165, 1.54) is 0 Å². The maximum Gasteiger partial charge on any atom is 0.257 e. The number of carbonyl (C=O) groups is 1. The number of nitrogens with zero attached hydrogens (tertiary/aromatic N) is 2. The van der Waals surface area contributed by atoms with Crippen molar-refractivity contribution in [2.45, 2.75) is 19.8 Å². The van der Waals surface area contributed by atoms with E-state index in [0.29, 0.717) is 18.7 Å². The van der Waals surface area contributed by atoms with Crippen LogP contribution >= 0.6 is 11.6 Å². The first-order valence-electron chi connectivity index (χ1n) is 5.71. The molecular formula is C12H17ClN2O2. The lowest BCUT2D eigenvalue weighted by Crippen LogP contribution is -2.34. The van der Waals surface area contributed by atoms with Crippen molar-refractivity contribution in [3.63, 3.8) is 0 Å². The third kappa shape index (κ3) is 3.98. The number of aromatic nitrogens is 1. The van der Waals surface area contributed by atoms with E-state index < -0.39 is 0 Å². The zero-order valence-electron chi connectivity index (χ0n) is 9.90. The van der Waals surface area contributed by atoms with E-state index in [1.807, 2.05) is 0 Å². The largest absolute Gasteiger partial charge is 0.395 e. The first-order valence-corrected chi connectivity index (χ1v) is 6.09. The van der Waals surface area contributed by atoms with Gasteiger partial charge in [0.1, 0.15) is 5.15 Å². The van der Waals surface area contributed by atoms with Crippen molar-refractivity contribution in [2.24, 2.45) is 0 Å². The molecule has 5 heteroatoms. The van der Waals surface area contributed by atoms with Gasteiger partial charge < -0.3 is 10.0 Å². The number of halogens is 1. The normalized spacial score (nSPS) is 10.3. The highest BCUT2D eigenvalue weighted by Gasteiger charge is 2.17. The van der Waals surface area contributed by atoms with Crippen LogP contribution in [0.5, 0.6) is 0 Å². The first kappa shape index (κ1) is 13.9. The van der Waals surface area contributed by atoms with E-state index in [2.05, 4.69) is 11.9 Å². The molecular weight excluding hydrogens is 240 g/mol. The van der Waals surface area contributed by atoms with E-state index >= 15 is 0 Å². The second-order valence-corrected chi connectivity index (χ2v) is 4.07. The Balaban J connectivity index is 2.80. The fraction of sp³-hybridized carbons (Fsp3) is 0.500. The summed E-state index contributed by atoms with van der Waals surface area (Å²) in [5, 5.41) is 9.16. The summed E-state index contributed by atoms with van der Waals surface area (Å²) in [6, 6.07) is 3.32. The summed E-state index contributed by atoms with van der Waals surface area (Å²) in [5.41, 5.74) is 0.388. The van der Waals surface area contributed by atoms with Crippen LogP contribution in [0.2, 0.25) is 5.15 Å². The number of amides is 1. The Hall–Kier alpha value is -1.13. The minimum atomic E-state index is -0.175. The van der Waals surface area contributed by atoms with Gasteiger partial charge in [-0.1, -0.05) is 24.9 Å². The smallest absolute Gasteiger partial charge is 0.257 e. The molecule has 0 saturated carbocycles. The molecule has 94 valence electrons. The number of hydrogen-bond donors (Lipinski definition) is 1. The van der Waals surface area contributed by atoms with Crippen LogP contribution in [0.1, 0.15) is 30.1 Å². The molecule has 0 aliphatic heterocycles. The molecule has 1 rings (SSSR count). The van der Waals surface area contributed by atoms with Crippen LogP contribution in [0.15, 0.2) is 18.3 Å². The van der Waals surface area contributed by atoms with Crippen LogP contribution in [0.25, 0.3) is 0 Å². The first-order chi connectivity index (χ1) is 8.20. The molecule has 0 saturated heterocycles. The number of pyridine rings is 1. The van der Waals surface area contributed by atoms with Crippen LogP contribution in [0.3, 0.4) is 0 Å². The lowest BCUT2D eigenvalue weighted by molar-refractivity contribution is 0.0719. The lowest BCUT2D eigenvalue weighted by Gasteiger charge is -2.21. The van der Waals surface area contributed by atoms with Crippen LogP contribution < -0.4 is 0 Å². The van der Waals surface area contributed by atoms with Crippen LogP contribution in [-0.2, 0) is 0 Å². The molecule has 1 aromatic heterocycles. The molecule has 0 aliphatic rings. The zero-order valence-corrected chi connectivity index (χ0v) is 10.7. The Bertz CT molecular complexity index is 371. The topological polar surface area (TPSA) is 53.4 Å². The predicted molar refractivity (Wildman–Crippen MR) is 67.1 cm³/mol. The van der Waals surface area contributed by atoms with Crippen molar-refractivity contribution in [3.05, 3.63) is 29.0 Å². The van der Waals surface area contributed by atoms with Gasteiger partial charge in [-0.05, 0) is 18.6 Å². The minimum absolute atomic E-state index is 0.0483. The Morgan fingerprint density at radius 3 is 2.88 bits per heavy atom. The molecule has 0 aliphatic carbocycles. The molecule has 1 heterocycles. The van der Waals surface area contributed by atoms with Crippen molar-refractivity contribution in [1.82, 2.24) is 9.88 Å². The van der Waals surface area contributed by atoms with Gasteiger partial charge in [-0.2, -0.15) is 0 Å². The summed E-state index contributed by atoms with van der Waals surface area (Å²) in [6.45, 7) is 2.96. The molecule has 0 aromatic carbocycles. The summed E-state index contributed by atoms with van der Waals surface area (Å²) in [4.78, 5) is 17.6. The number of aliphatic hydroxyl groups excluding tert-OH is 1. The highest BCUT2D eigenvalue weighted by Crippen LogP contribution is 2.14. The summed E-state index contributed by atoms with van der Waals surface area (Å²) in [5.74, 6) is -0.175. The Morgan fingerprint density at radius 1 is 1.53 bits per heavy atom. The maximum atomic E-state index is 12.2. The molecule has 0 radical (unpaired) electrons. The third-order valence-corrected chi connectivity index (χ3v) is 2.73. The summed E-state index contributed by atoms with van der Waals surface area (Å²) < 4.78 is 0. The number of aliphatic hydroxyl groups is 1. The van der Waals surface area contributed by atoms with Crippen molar-refractivity contribution < 1.29 is 9.90 Å². The van der Waals surface area contributed by atoms with Gasteiger partial charge in [0.2, 0.25) is 0 Å². The van der Waals surface area contributed by atoms with Crippen LogP contribution in [0.4, 0.5) is 0 Å². The minimum Gasteiger partial charge on any atom is -0.395 e. The third-order valence-electron chi connectivity index (χ3n) is 2.43. The highest BCUT2D eigenvalue weighted by molar-refractivity contribution is 6.32. The second-order valence-electron chi connectivity index (χ2n) is 3.71. The summed E-state index contributed by atoms with van der Waals surface area (Å²) in [7, 11) is 0. The molecule has 1 aromatic rings. The molecule has 1 N–H and O–H groups in total. The number of rotatable bonds is 6. The van der Waals surface area contributed by atoms with Gasteiger partial charge >= 0.3 is 0 Å². The highest BCUT2D eigenvalue weighted by atomic mass is 35.5. The average Bonchev–Trinajstić information content (AvgIpc) is 2.34. The Morgan fingerprint density at radius 2 is 2.29 bits per heavy atom. The second kappa shape index (κ2) is 7.25. The van der Waals surface area contributed by atoms with E-state index in [1.54, 1.807) is 23.2 Å². The van der Waals surface area contributed by atoms with Gasteiger partial charge in [-0.3, -0.25) is 4.79 Å². The quantitative estimate of drug-likeness (QED) is 0.792. The van der Waals surface area contributed by atoms with Gasteiger partial charge in [0.15, 0.2) is 0 Å². The van der Waals surface area contributed by atoms with E-state index in [4.69, 9.17) is 16.7 Å². The monoisotopic (exact) mass is 256 g/mol. The van der Waals surface area contributed by atoms with Crippen molar-refractivity contribution in [1.29, 1.82) is 0 Å². The molecule has 0 spiro atoms. The van der Waals surface area contributed by atoms with Gasteiger partial charge in [-0.15, -0.1) is 0 Å². The molecule has 0 unspecified atom stereocenters. The van der Waals surface area contributed by atoms with E-state index in [0.717, 1.165) is 12.8 Å². The number of hydrogen-bond acceptors (Lipinski definition) is 3. The van der Waals surface area contributed by atoms with Gasteiger partial charge in [0.25, 0.3) is 5.91 Å². The Labute approximate surface area is 106 Å². The molecule has 0 fully saturated rings. The summed E-state index contributed by atoms with van der Waals surface area (Å²) in [6.07, 6.45) is 3.45. The molecule has 1 amide bonds. The number of unbranched alkanes of at least 4 members (excludes halogenated alkanes) is 1. The maximum absolute atomic E-state index is 12.2. The van der Waals surface area contributed by atoms with Crippen molar-refractivity contribution in [3.8, 4) is 0 Å². The molecule has 0 bridgehead atoms. The average molecular weight is 257 g/mol. The fourth-order valence-corrected chi connectivity index (χ4v) is 1.70. The summed E-state index contributed by atoms with van der Waals surface area (Å²) >= 11 is 5.88. The van der Waals surface area contributed by atoms with Crippen molar-refractivity contribution in [2.75, 3.05) is 19.7 Å². The van der Waals surface area contributed by atoms with Gasteiger partial charge in [0.05, 0.1) is 12.2 Å². The SMILES string of the molecule is CCCCN(CCO)C(=O)c1cccnc1Cl. The molecule has 0 atom stereocenters. The molecule has 17 heavy (non-hydrogen) atoms. The van der Waals surface area contributed by atoms with Gasteiger partial charge in [0, 0.05) is 19.3 Å². The van der Waals surface area contributed by atoms with Crippen molar-refractivity contribution >= 4 is 17.5 Å². The lowest BCUT2D eigenvalue weighted by atomic mass is 10.2. The van der Waals surface area contributed by atoms with Crippen LogP contribution in [0, 0.1) is 0 Å². The zero-order chi connectivity index (χ0) is 12.7. The van der Waals surface area contributed by atoms with Gasteiger partial charge in [-0.25, -0.2) is 4.98 Å². The Kier molecular flexibility index (Phi) is 5.94. The number of carbonyl (C=O) groups excluding carboxylic acids is 1. The van der Waals surface area contributed by atoms with E-state index in [9.17, 15) is 4.79 Å².